The van der Waals surface area contributed by atoms with Crippen molar-refractivity contribution in [3.05, 3.63) is 11.7 Å². The Morgan fingerprint density at radius 3 is 2.81 bits per heavy atom. The molecule has 1 aliphatic rings. The molecule has 0 aliphatic heterocycles. The van der Waals surface area contributed by atoms with Crippen LogP contribution in [0.15, 0.2) is 4.52 Å². The molecule has 0 unspecified atom stereocenters. The van der Waals surface area contributed by atoms with Gasteiger partial charge in [-0.05, 0) is 32.2 Å². The SMILES string of the molecule is Cc1noc(CCNCC2CCCCC2)n1. The van der Waals surface area contributed by atoms with Gasteiger partial charge in [0.05, 0.1) is 0 Å². The predicted molar refractivity (Wildman–Crippen MR) is 62.2 cm³/mol. The van der Waals surface area contributed by atoms with Crippen LogP contribution < -0.4 is 5.32 Å². The second-order valence-electron chi connectivity index (χ2n) is 4.69. The standard InChI is InChI=1S/C12H21N3O/c1-10-14-12(16-15-10)7-8-13-9-11-5-3-2-4-6-11/h11,13H,2-9H2,1H3. The molecule has 4 heteroatoms. The van der Waals surface area contributed by atoms with E-state index in [9.17, 15) is 0 Å². The Labute approximate surface area is 96.8 Å². The smallest absolute Gasteiger partial charge is 0.227 e. The molecule has 4 nitrogen and oxygen atoms in total. The second kappa shape index (κ2) is 5.99. The molecule has 0 bridgehead atoms. The van der Waals surface area contributed by atoms with Crippen molar-refractivity contribution in [2.45, 2.75) is 45.4 Å². The third-order valence-electron chi connectivity index (χ3n) is 3.24. The van der Waals surface area contributed by atoms with Gasteiger partial charge in [0, 0.05) is 13.0 Å². The Bertz CT molecular complexity index is 305. The summed E-state index contributed by atoms with van der Waals surface area (Å²) in [6.45, 7) is 3.94. The Balaban J connectivity index is 1.57. The van der Waals surface area contributed by atoms with E-state index in [-0.39, 0.29) is 0 Å². The van der Waals surface area contributed by atoms with Gasteiger partial charge >= 0.3 is 0 Å². The van der Waals surface area contributed by atoms with Crippen molar-refractivity contribution in [3.63, 3.8) is 0 Å². The van der Waals surface area contributed by atoms with E-state index < -0.39 is 0 Å². The van der Waals surface area contributed by atoms with Gasteiger partial charge in [0.15, 0.2) is 5.82 Å². The minimum atomic E-state index is 0.724. The maximum absolute atomic E-state index is 5.06. The van der Waals surface area contributed by atoms with Crippen LogP contribution in [0.4, 0.5) is 0 Å². The molecule has 0 atom stereocenters. The van der Waals surface area contributed by atoms with Crippen molar-refractivity contribution in [2.24, 2.45) is 5.92 Å². The highest BCUT2D eigenvalue weighted by Gasteiger charge is 2.12. The first-order valence-corrected chi connectivity index (χ1v) is 6.34. The van der Waals surface area contributed by atoms with Gasteiger partial charge in [-0.2, -0.15) is 4.98 Å². The summed E-state index contributed by atoms with van der Waals surface area (Å²) in [6, 6.07) is 0. The number of rotatable bonds is 5. The van der Waals surface area contributed by atoms with Crippen molar-refractivity contribution in [3.8, 4) is 0 Å². The predicted octanol–water partition coefficient (Wildman–Crippen LogP) is 2.09. The fourth-order valence-corrected chi connectivity index (χ4v) is 2.33. The normalized spacial score (nSPS) is 17.8. The maximum Gasteiger partial charge on any atom is 0.227 e. The van der Waals surface area contributed by atoms with Crippen LogP contribution in [-0.2, 0) is 6.42 Å². The number of nitrogens with zero attached hydrogens (tertiary/aromatic N) is 2. The monoisotopic (exact) mass is 223 g/mol. The third kappa shape index (κ3) is 3.59. The van der Waals surface area contributed by atoms with E-state index in [0.717, 1.165) is 37.1 Å². The average molecular weight is 223 g/mol. The molecule has 1 saturated carbocycles. The Morgan fingerprint density at radius 2 is 2.12 bits per heavy atom. The van der Waals surface area contributed by atoms with E-state index in [4.69, 9.17) is 4.52 Å². The van der Waals surface area contributed by atoms with Gasteiger partial charge in [-0.15, -0.1) is 0 Å². The van der Waals surface area contributed by atoms with Gasteiger partial charge in [0.2, 0.25) is 5.89 Å². The van der Waals surface area contributed by atoms with E-state index >= 15 is 0 Å². The van der Waals surface area contributed by atoms with Crippen LogP contribution in [0.1, 0.15) is 43.8 Å². The number of hydrogen-bond donors (Lipinski definition) is 1. The van der Waals surface area contributed by atoms with E-state index in [2.05, 4.69) is 15.5 Å². The lowest BCUT2D eigenvalue weighted by atomic mass is 9.89. The molecule has 1 N–H and O–H groups in total. The summed E-state index contributed by atoms with van der Waals surface area (Å²) in [7, 11) is 0. The lowest BCUT2D eigenvalue weighted by Crippen LogP contribution is -2.26. The summed E-state index contributed by atoms with van der Waals surface area (Å²) >= 11 is 0. The van der Waals surface area contributed by atoms with Crippen molar-refractivity contribution in [1.82, 2.24) is 15.5 Å². The summed E-state index contributed by atoms with van der Waals surface area (Å²) in [5.41, 5.74) is 0. The van der Waals surface area contributed by atoms with Crippen LogP contribution in [0.25, 0.3) is 0 Å². The second-order valence-corrected chi connectivity index (χ2v) is 4.69. The third-order valence-corrected chi connectivity index (χ3v) is 3.24. The molecule has 1 aromatic heterocycles. The summed E-state index contributed by atoms with van der Waals surface area (Å²) in [4.78, 5) is 4.18. The zero-order chi connectivity index (χ0) is 11.2. The van der Waals surface area contributed by atoms with Gasteiger partial charge in [0.1, 0.15) is 0 Å². The highest BCUT2D eigenvalue weighted by Crippen LogP contribution is 2.22. The lowest BCUT2D eigenvalue weighted by Gasteiger charge is -2.21. The number of nitrogens with one attached hydrogen (secondary N) is 1. The van der Waals surface area contributed by atoms with Crippen molar-refractivity contribution in [2.75, 3.05) is 13.1 Å². The number of aromatic nitrogens is 2. The van der Waals surface area contributed by atoms with E-state index in [0.29, 0.717) is 0 Å². The molecular formula is C12H21N3O. The molecule has 1 heterocycles. The van der Waals surface area contributed by atoms with Crippen molar-refractivity contribution < 1.29 is 4.52 Å². The molecule has 0 saturated heterocycles. The topological polar surface area (TPSA) is 51.0 Å². The molecular weight excluding hydrogens is 202 g/mol. The van der Waals surface area contributed by atoms with E-state index in [1.807, 2.05) is 6.92 Å². The van der Waals surface area contributed by atoms with Crippen LogP contribution in [-0.4, -0.2) is 23.2 Å². The summed E-state index contributed by atoms with van der Waals surface area (Å²) < 4.78 is 5.06. The fourth-order valence-electron chi connectivity index (χ4n) is 2.33. The quantitative estimate of drug-likeness (QED) is 0.777. The van der Waals surface area contributed by atoms with Gasteiger partial charge < -0.3 is 9.84 Å². The first kappa shape index (κ1) is 11.6. The first-order chi connectivity index (χ1) is 7.84. The molecule has 16 heavy (non-hydrogen) atoms. The van der Waals surface area contributed by atoms with E-state index in [1.165, 1.54) is 32.1 Å². The molecule has 1 aliphatic carbocycles. The first-order valence-electron chi connectivity index (χ1n) is 6.34. The molecule has 0 aromatic carbocycles. The minimum Gasteiger partial charge on any atom is -0.339 e. The van der Waals surface area contributed by atoms with Crippen LogP contribution in [0.2, 0.25) is 0 Å². The molecule has 0 amide bonds. The summed E-state index contributed by atoms with van der Waals surface area (Å²) in [6.07, 6.45) is 7.88. The fraction of sp³-hybridized carbons (Fsp3) is 0.833. The highest BCUT2D eigenvalue weighted by molar-refractivity contribution is 4.83. The molecule has 90 valence electrons. The Hall–Kier alpha value is -0.900. The van der Waals surface area contributed by atoms with Crippen LogP contribution >= 0.6 is 0 Å². The van der Waals surface area contributed by atoms with Crippen molar-refractivity contribution >= 4 is 0 Å². The Morgan fingerprint density at radius 1 is 1.31 bits per heavy atom. The zero-order valence-corrected chi connectivity index (χ0v) is 10.0. The van der Waals surface area contributed by atoms with Crippen molar-refractivity contribution in [1.29, 1.82) is 0 Å². The van der Waals surface area contributed by atoms with Crippen LogP contribution in [0.3, 0.4) is 0 Å². The molecule has 2 rings (SSSR count). The minimum absolute atomic E-state index is 0.724. The maximum atomic E-state index is 5.06. The van der Waals surface area contributed by atoms with Crippen LogP contribution in [0, 0.1) is 12.8 Å². The van der Waals surface area contributed by atoms with Gasteiger partial charge in [-0.3, -0.25) is 0 Å². The Kier molecular flexibility index (Phi) is 4.34. The summed E-state index contributed by atoms with van der Waals surface area (Å²) in [5, 5.41) is 7.26. The molecule has 1 aromatic rings. The zero-order valence-electron chi connectivity index (χ0n) is 10.0. The van der Waals surface area contributed by atoms with Gasteiger partial charge in [-0.25, -0.2) is 0 Å². The van der Waals surface area contributed by atoms with Gasteiger partial charge in [0.25, 0.3) is 0 Å². The van der Waals surface area contributed by atoms with Gasteiger partial charge in [-0.1, -0.05) is 24.4 Å². The molecule has 0 spiro atoms. The summed E-state index contributed by atoms with van der Waals surface area (Å²) in [5.74, 6) is 2.36. The molecule has 0 radical (unpaired) electrons. The van der Waals surface area contributed by atoms with E-state index in [1.54, 1.807) is 0 Å². The number of hydrogen-bond acceptors (Lipinski definition) is 4. The van der Waals surface area contributed by atoms with Crippen LogP contribution in [0.5, 0.6) is 0 Å². The number of aryl methyl sites for hydroxylation is 1. The average Bonchev–Trinajstić information content (AvgIpc) is 2.72. The highest BCUT2D eigenvalue weighted by atomic mass is 16.5. The lowest BCUT2D eigenvalue weighted by molar-refractivity contribution is 0.336. The molecule has 1 fully saturated rings. The largest absolute Gasteiger partial charge is 0.339 e.